The van der Waals surface area contributed by atoms with E-state index in [9.17, 15) is 9.59 Å². The maximum absolute atomic E-state index is 11.0. The predicted octanol–water partition coefficient (Wildman–Crippen LogP) is 2.11. The Balaban J connectivity index is 0.000000356. The molecule has 5 nitrogen and oxygen atoms in total. The summed E-state index contributed by atoms with van der Waals surface area (Å²) in [6.45, 7) is 8.09. The van der Waals surface area contributed by atoms with Gasteiger partial charge in [0.2, 0.25) is 5.91 Å². The third kappa shape index (κ3) is 7.41. The normalized spacial score (nSPS) is 15.1. The van der Waals surface area contributed by atoms with E-state index in [1.165, 1.54) is 5.06 Å². The number of rotatable bonds is 4. The molecule has 0 aromatic carbocycles. The fraction of sp³-hybridized carbons (Fsp3) is 0.571. The van der Waals surface area contributed by atoms with Crippen LogP contribution in [0.1, 0.15) is 33.1 Å². The van der Waals surface area contributed by atoms with Crippen molar-refractivity contribution in [1.29, 1.82) is 0 Å². The van der Waals surface area contributed by atoms with Crippen molar-refractivity contribution in [3.05, 3.63) is 24.4 Å². The molecule has 0 aromatic heterocycles. The van der Waals surface area contributed by atoms with Gasteiger partial charge in [-0.1, -0.05) is 19.6 Å². The van der Waals surface area contributed by atoms with Crippen LogP contribution in [-0.2, 0) is 14.4 Å². The highest BCUT2D eigenvalue weighted by atomic mass is 16.7. The number of hydrogen-bond acceptors (Lipinski definition) is 4. The Morgan fingerprint density at radius 3 is 2.47 bits per heavy atom. The molecule has 1 amide bonds. The SMILES string of the molecule is C=CN1CCCC1=O.CC/C=C(\C)C(=O)ON(C)C. The third-order valence-electron chi connectivity index (χ3n) is 2.43. The fourth-order valence-corrected chi connectivity index (χ4v) is 1.49. The van der Waals surface area contributed by atoms with Gasteiger partial charge in [-0.2, -0.15) is 0 Å². The summed E-state index contributed by atoms with van der Waals surface area (Å²) in [7, 11) is 3.36. The molecule has 0 radical (unpaired) electrons. The first-order valence-electron chi connectivity index (χ1n) is 6.40. The first-order valence-corrected chi connectivity index (χ1v) is 6.40. The second-order valence-electron chi connectivity index (χ2n) is 4.36. The molecule has 0 aromatic rings. The van der Waals surface area contributed by atoms with Crippen molar-refractivity contribution in [2.45, 2.75) is 33.1 Å². The number of hydrogen-bond donors (Lipinski definition) is 0. The largest absolute Gasteiger partial charge is 0.365 e. The van der Waals surface area contributed by atoms with Crippen LogP contribution in [0.4, 0.5) is 0 Å². The van der Waals surface area contributed by atoms with Gasteiger partial charge >= 0.3 is 5.97 Å². The lowest BCUT2D eigenvalue weighted by atomic mass is 10.2. The molecule has 0 saturated carbocycles. The molecule has 1 fully saturated rings. The molecule has 0 N–H and O–H groups in total. The van der Waals surface area contributed by atoms with E-state index < -0.39 is 0 Å². The topological polar surface area (TPSA) is 49.9 Å². The second kappa shape index (κ2) is 9.33. The summed E-state index contributed by atoms with van der Waals surface area (Å²) in [6.07, 6.45) is 5.98. The Morgan fingerprint density at radius 2 is 2.16 bits per heavy atom. The average molecular weight is 268 g/mol. The number of likely N-dealkylation sites (tertiary alicyclic amines) is 1. The summed E-state index contributed by atoms with van der Waals surface area (Å²) in [5.41, 5.74) is 0.654. The van der Waals surface area contributed by atoms with Crippen molar-refractivity contribution in [3.63, 3.8) is 0 Å². The molecular formula is C14H24N2O3. The molecular weight excluding hydrogens is 244 g/mol. The van der Waals surface area contributed by atoms with Crippen molar-refractivity contribution in [2.24, 2.45) is 0 Å². The van der Waals surface area contributed by atoms with Crippen LogP contribution >= 0.6 is 0 Å². The van der Waals surface area contributed by atoms with Crippen LogP contribution in [0.25, 0.3) is 0 Å². The lowest BCUT2D eigenvalue weighted by Crippen LogP contribution is -2.18. The molecule has 108 valence electrons. The van der Waals surface area contributed by atoms with E-state index >= 15 is 0 Å². The fourth-order valence-electron chi connectivity index (χ4n) is 1.49. The minimum atomic E-state index is -0.281. The van der Waals surface area contributed by atoms with Crippen LogP contribution in [0.5, 0.6) is 0 Å². The summed E-state index contributed by atoms with van der Waals surface area (Å²) < 4.78 is 0. The maximum atomic E-state index is 11.0. The Bertz CT molecular complexity index is 349. The summed E-state index contributed by atoms with van der Waals surface area (Å²) in [5, 5.41) is 1.38. The Hall–Kier alpha value is -1.62. The van der Waals surface area contributed by atoms with Gasteiger partial charge in [0.15, 0.2) is 0 Å². The Kier molecular flexibility index (Phi) is 8.53. The number of carbonyl (C=O) groups excluding carboxylic acids is 2. The lowest BCUT2D eigenvalue weighted by Gasteiger charge is -2.09. The molecule has 0 atom stereocenters. The molecule has 5 heteroatoms. The van der Waals surface area contributed by atoms with Crippen LogP contribution in [0.15, 0.2) is 24.4 Å². The smallest absolute Gasteiger partial charge is 0.352 e. The van der Waals surface area contributed by atoms with E-state index in [1.54, 1.807) is 32.1 Å². The summed E-state index contributed by atoms with van der Waals surface area (Å²) in [6, 6.07) is 0. The van der Waals surface area contributed by atoms with Crippen LogP contribution in [0.3, 0.4) is 0 Å². The second-order valence-corrected chi connectivity index (χ2v) is 4.36. The third-order valence-corrected chi connectivity index (χ3v) is 2.43. The van der Waals surface area contributed by atoms with Crippen LogP contribution in [-0.4, -0.2) is 42.5 Å². The summed E-state index contributed by atoms with van der Waals surface area (Å²) in [4.78, 5) is 28.1. The summed E-state index contributed by atoms with van der Waals surface area (Å²) >= 11 is 0. The van der Waals surface area contributed by atoms with Gasteiger partial charge in [0.25, 0.3) is 0 Å². The predicted molar refractivity (Wildman–Crippen MR) is 75.0 cm³/mol. The van der Waals surface area contributed by atoms with Gasteiger partial charge in [0, 0.05) is 32.6 Å². The van der Waals surface area contributed by atoms with Crippen LogP contribution in [0.2, 0.25) is 0 Å². The zero-order chi connectivity index (χ0) is 14.8. The Labute approximate surface area is 115 Å². The number of carbonyl (C=O) groups is 2. The highest BCUT2D eigenvalue weighted by molar-refractivity contribution is 5.87. The zero-order valence-electron chi connectivity index (χ0n) is 12.3. The van der Waals surface area contributed by atoms with Crippen molar-refractivity contribution < 1.29 is 14.4 Å². The first kappa shape index (κ1) is 17.4. The molecule has 0 unspecified atom stereocenters. The van der Waals surface area contributed by atoms with Gasteiger partial charge in [0.1, 0.15) is 0 Å². The van der Waals surface area contributed by atoms with E-state index in [0.717, 1.165) is 19.4 Å². The molecule has 1 aliphatic rings. The average Bonchev–Trinajstić information content (AvgIpc) is 2.75. The van der Waals surface area contributed by atoms with E-state index in [1.807, 2.05) is 13.0 Å². The van der Waals surface area contributed by atoms with Crippen molar-refractivity contribution >= 4 is 11.9 Å². The van der Waals surface area contributed by atoms with E-state index in [0.29, 0.717) is 12.0 Å². The highest BCUT2D eigenvalue weighted by Gasteiger charge is 2.16. The van der Waals surface area contributed by atoms with E-state index in [2.05, 4.69) is 6.58 Å². The maximum Gasteiger partial charge on any atom is 0.352 e. The molecule has 0 bridgehead atoms. The monoisotopic (exact) mass is 268 g/mol. The van der Waals surface area contributed by atoms with Crippen molar-refractivity contribution in [1.82, 2.24) is 9.96 Å². The number of nitrogens with zero attached hydrogens (tertiary/aromatic N) is 2. The van der Waals surface area contributed by atoms with E-state index in [4.69, 9.17) is 4.84 Å². The zero-order valence-corrected chi connectivity index (χ0v) is 12.3. The molecule has 0 spiro atoms. The molecule has 1 rings (SSSR count). The molecule has 19 heavy (non-hydrogen) atoms. The standard InChI is InChI=1S/C8H15NO2.C6H9NO/c1-5-6-7(2)8(10)11-9(3)4;1-2-7-5-3-4-6(7)8/h6H,5H2,1-4H3;2H,1,3-5H2/b7-6+;. The van der Waals surface area contributed by atoms with Crippen molar-refractivity contribution in [3.8, 4) is 0 Å². The van der Waals surface area contributed by atoms with Gasteiger partial charge in [-0.15, -0.1) is 5.06 Å². The van der Waals surface area contributed by atoms with Gasteiger partial charge in [-0.3, -0.25) is 4.79 Å². The highest BCUT2D eigenvalue weighted by Crippen LogP contribution is 2.08. The van der Waals surface area contributed by atoms with E-state index in [-0.39, 0.29) is 11.9 Å². The minimum absolute atomic E-state index is 0.208. The van der Waals surface area contributed by atoms with Gasteiger partial charge < -0.3 is 9.74 Å². The number of amides is 1. The molecule has 0 aliphatic carbocycles. The molecule has 1 aliphatic heterocycles. The van der Waals surface area contributed by atoms with Crippen molar-refractivity contribution in [2.75, 3.05) is 20.6 Å². The van der Waals surface area contributed by atoms with Gasteiger partial charge in [0.05, 0.1) is 0 Å². The lowest BCUT2D eigenvalue weighted by molar-refractivity contribution is -0.172. The first-order chi connectivity index (χ1) is 8.92. The number of allylic oxidation sites excluding steroid dienone is 1. The minimum Gasteiger partial charge on any atom is -0.365 e. The Morgan fingerprint density at radius 1 is 1.53 bits per heavy atom. The molecule has 1 heterocycles. The van der Waals surface area contributed by atoms with Gasteiger partial charge in [-0.25, -0.2) is 4.79 Å². The summed E-state index contributed by atoms with van der Waals surface area (Å²) in [5.74, 6) is -0.0724. The van der Waals surface area contributed by atoms with Crippen LogP contribution < -0.4 is 0 Å². The number of hydroxylamine groups is 2. The quantitative estimate of drug-likeness (QED) is 0.579. The molecule has 1 saturated heterocycles. The van der Waals surface area contributed by atoms with Crippen LogP contribution in [0, 0.1) is 0 Å². The van der Waals surface area contributed by atoms with Gasteiger partial charge in [-0.05, 0) is 26.0 Å².